The third-order valence-corrected chi connectivity index (χ3v) is 3.69. The standard InChI is InChI=1S/C17H26N4/c1-13(2)19-11-15-6-7-16(14(3)10-15)21(5)12-17-18-8-9-20(17)4/h6-10,13,19H,11-12H2,1-5H3. The number of benzene rings is 1. The van der Waals surface area contributed by atoms with Crippen molar-refractivity contribution in [2.24, 2.45) is 7.05 Å². The largest absolute Gasteiger partial charge is 0.367 e. The second-order valence-electron chi connectivity index (χ2n) is 5.97. The molecule has 0 fully saturated rings. The van der Waals surface area contributed by atoms with E-state index < -0.39 is 0 Å². The van der Waals surface area contributed by atoms with Gasteiger partial charge in [-0.05, 0) is 24.1 Å². The molecule has 0 aliphatic rings. The highest BCUT2D eigenvalue weighted by Gasteiger charge is 2.09. The Hall–Kier alpha value is -1.81. The van der Waals surface area contributed by atoms with E-state index in [-0.39, 0.29) is 0 Å². The Morgan fingerprint density at radius 1 is 1.33 bits per heavy atom. The Kier molecular flexibility index (Phi) is 5.02. The molecule has 1 N–H and O–H groups in total. The predicted molar refractivity (Wildman–Crippen MR) is 88.5 cm³/mol. The van der Waals surface area contributed by atoms with Gasteiger partial charge in [0.15, 0.2) is 0 Å². The summed E-state index contributed by atoms with van der Waals surface area (Å²) in [5.41, 5.74) is 3.89. The molecule has 1 aromatic carbocycles. The van der Waals surface area contributed by atoms with Gasteiger partial charge in [-0.1, -0.05) is 26.0 Å². The number of hydrogen-bond donors (Lipinski definition) is 1. The van der Waals surface area contributed by atoms with Gasteiger partial charge in [0.25, 0.3) is 0 Å². The minimum absolute atomic E-state index is 0.510. The van der Waals surface area contributed by atoms with Gasteiger partial charge in [-0.15, -0.1) is 0 Å². The van der Waals surface area contributed by atoms with Crippen molar-refractivity contribution < 1.29 is 0 Å². The van der Waals surface area contributed by atoms with Crippen LogP contribution in [0, 0.1) is 6.92 Å². The van der Waals surface area contributed by atoms with Gasteiger partial charge in [0.05, 0.1) is 6.54 Å². The quantitative estimate of drug-likeness (QED) is 0.886. The van der Waals surface area contributed by atoms with E-state index in [1.807, 2.05) is 19.4 Å². The Morgan fingerprint density at radius 2 is 2.10 bits per heavy atom. The summed E-state index contributed by atoms with van der Waals surface area (Å²) < 4.78 is 2.06. The smallest absolute Gasteiger partial charge is 0.127 e. The van der Waals surface area contributed by atoms with E-state index in [1.165, 1.54) is 16.8 Å². The van der Waals surface area contributed by atoms with Gasteiger partial charge in [-0.25, -0.2) is 4.98 Å². The summed E-state index contributed by atoms with van der Waals surface area (Å²) in [6, 6.07) is 7.18. The van der Waals surface area contributed by atoms with Crippen molar-refractivity contribution in [2.75, 3.05) is 11.9 Å². The molecule has 2 aromatic rings. The first-order valence-corrected chi connectivity index (χ1v) is 7.47. The Balaban J connectivity index is 2.07. The van der Waals surface area contributed by atoms with E-state index in [0.29, 0.717) is 6.04 Å². The number of aryl methyl sites for hydroxylation is 2. The highest BCUT2D eigenvalue weighted by molar-refractivity contribution is 5.53. The van der Waals surface area contributed by atoms with Crippen LogP contribution in [0.25, 0.3) is 0 Å². The van der Waals surface area contributed by atoms with E-state index in [4.69, 9.17) is 0 Å². The molecule has 0 aliphatic heterocycles. The van der Waals surface area contributed by atoms with Crippen LogP contribution in [-0.4, -0.2) is 22.6 Å². The van der Waals surface area contributed by atoms with Crippen molar-refractivity contribution >= 4 is 5.69 Å². The monoisotopic (exact) mass is 286 g/mol. The fourth-order valence-corrected chi connectivity index (χ4v) is 2.42. The van der Waals surface area contributed by atoms with E-state index >= 15 is 0 Å². The molecule has 0 atom stereocenters. The fourth-order valence-electron chi connectivity index (χ4n) is 2.42. The number of nitrogens with one attached hydrogen (secondary N) is 1. The number of hydrogen-bond acceptors (Lipinski definition) is 3. The first kappa shape index (κ1) is 15.6. The summed E-state index contributed by atoms with van der Waals surface area (Å²) in [4.78, 5) is 6.64. The lowest BCUT2D eigenvalue weighted by atomic mass is 10.1. The molecular weight excluding hydrogens is 260 g/mol. The molecule has 114 valence electrons. The van der Waals surface area contributed by atoms with Crippen LogP contribution >= 0.6 is 0 Å². The molecule has 21 heavy (non-hydrogen) atoms. The van der Waals surface area contributed by atoms with Crippen molar-refractivity contribution in [1.29, 1.82) is 0 Å². The molecule has 0 saturated heterocycles. The summed E-state index contributed by atoms with van der Waals surface area (Å²) in [7, 11) is 4.15. The summed E-state index contributed by atoms with van der Waals surface area (Å²) in [6.45, 7) is 8.24. The van der Waals surface area contributed by atoms with Crippen LogP contribution in [0.15, 0.2) is 30.6 Å². The van der Waals surface area contributed by atoms with Crippen LogP contribution in [0.2, 0.25) is 0 Å². The Bertz CT molecular complexity index is 586. The van der Waals surface area contributed by atoms with Gasteiger partial charge in [-0.2, -0.15) is 0 Å². The second-order valence-corrected chi connectivity index (χ2v) is 5.97. The minimum Gasteiger partial charge on any atom is -0.367 e. The Labute approximate surface area is 127 Å². The lowest BCUT2D eigenvalue weighted by Crippen LogP contribution is -2.22. The SMILES string of the molecule is Cc1cc(CNC(C)C)ccc1N(C)Cc1nccn1C. The van der Waals surface area contributed by atoms with Crippen LogP contribution in [0.5, 0.6) is 0 Å². The van der Waals surface area contributed by atoms with Crippen LogP contribution in [0.4, 0.5) is 5.69 Å². The zero-order chi connectivity index (χ0) is 15.4. The molecule has 0 radical (unpaired) electrons. The van der Waals surface area contributed by atoms with Crippen LogP contribution in [0.1, 0.15) is 30.8 Å². The van der Waals surface area contributed by atoms with Gasteiger partial charge in [0.2, 0.25) is 0 Å². The van der Waals surface area contributed by atoms with E-state index in [2.05, 4.69) is 65.8 Å². The lowest BCUT2D eigenvalue weighted by molar-refractivity contribution is 0.588. The summed E-state index contributed by atoms with van der Waals surface area (Å²) in [5, 5.41) is 3.45. The van der Waals surface area contributed by atoms with Gasteiger partial charge >= 0.3 is 0 Å². The maximum Gasteiger partial charge on any atom is 0.127 e. The van der Waals surface area contributed by atoms with Gasteiger partial charge in [0.1, 0.15) is 5.82 Å². The molecule has 0 unspecified atom stereocenters. The molecule has 2 rings (SSSR count). The molecule has 1 aromatic heterocycles. The van der Waals surface area contributed by atoms with Crippen molar-refractivity contribution in [3.63, 3.8) is 0 Å². The average Bonchev–Trinajstić information content (AvgIpc) is 2.82. The van der Waals surface area contributed by atoms with Gasteiger partial charge in [-0.3, -0.25) is 0 Å². The summed E-state index contributed by atoms with van der Waals surface area (Å²) >= 11 is 0. The maximum absolute atomic E-state index is 4.39. The predicted octanol–water partition coefficient (Wildman–Crippen LogP) is 2.86. The average molecular weight is 286 g/mol. The Morgan fingerprint density at radius 3 is 2.67 bits per heavy atom. The van der Waals surface area contributed by atoms with E-state index in [0.717, 1.165) is 18.9 Å². The molecular formula is C17H26N4. The highest BCUT2D eigenvalue weighted by atomic mass is 15.2. The van der Waals surface area contributed by atoms with Crippen molar-refractivity contribution in [1.82, 2.24) is 14.9 Å². The molecule has 0 bridgehead atoms. The first-order valence-electron chi connectivity index (χ1n) is 7.47. The number of nitrogens with zero attached hydrogens (tertiary/aromatic N) is 3. The van der Waals surface area contributed by atoms with Crippen molar-refractivity contribution in [3.8, 4) is 0 Å². The van der Waals surface area contributed by atoms with Crippen LogP contribution in [0.3, 0.4) is 0 Å². The number of imidazole rings is 1. The third kappa shape index (κ3) is 4.08. The molecule has 4 nitrogen and oxygen atoms in total. The van der Waals surface area contributed by atoms with E-state index in [1.54, 1.807) is 0 Å². The normalized spacial score (nSPS) is 11.1. The molecule has 0 amide bonds. The number of rotatable bonds is 6. The zero-order valence-corrected chi connectivity index (χ0v) is 13.7. The molecule has 0 saturated carbocycles. The minimum atomic E-state index is 0.510. The summed E-state index contributed by atoms with van der Waals surface area (Å²) in [6.07, 6.45) is 3.83. The zero-order valence-electron chi connectivity index (χ0n) is 13.7. The van der Waals surface area contributed by atoms with Crippen LogP contribution < -0.4 is 10.2 Å². The first-order chi connectivity index (χ1) is 9.97. The maximum atomic E-state index is 4.39. The summed E-state index contributed by atoms with van der Waals surface area (Å²) in [5.74, 6) is 1.07. The molecule has 0 spiro atoms. The number of aromatic nitrogens is 2. The van der Waals surface area contributed by atoms with Gasteiger partial charge in [0, 0.05) is 44.8 Å². The third-order valence-electron chi connectivity index (χ3n) is 3.69. The van der Waals surface area contributed by atoms with Crippen molar-refractivity contribution in [3.05, 3.63) is 47.5 Å². The molecule has 1 heterocycles. The van der Waals surface area contributed by atoms with Gasteiger partial charge < -0.3 is 14.8 Å². The lowest BCUT2D eigenvalue weighted by Gasteiger charge is -2.22. The molecule has 0 aliphatic carbocycles. The van der Waals surface area contributed by atoms with Crippen LogP contribution in [-0.2, 0) is 20.1 Å². The second kappa shape index (κ2) is 6.76. The van der Waals surface area contributed by atoms with E-state index in [9.17, 15) is 0 Å². The topological polar surface area (TPSA) is 33.1 Å². The highest BCUT2D eigenvalue weighted by Crippen LogP contribution is 2.21. The fraction of sp³-hybridized carbons (Fsp3) is 0.471. The van der Waals surface area contributed by atoms with Crippen molar-refractivity contribution in [2.45, 2.75) is 39.9 Å². The molecule has 4 heteroatoms. The number of anilines is 1.